The van der Waals surface area contributed by atoms with Gasteiger partial charge in [0.05, 0.1) is 5.92 Å². The van der Waals surface area contributed by atoms with Gasteiger partial charge in [0, 0.05) is 25.5 Å². The number of benzene rings is 1. The van der Waals surface area contributed by atoms with Gasteiger partial charge in [-0.15, -0.1) is 0 Å². The standard InChI is InChI=1S/C17H18FN3O2/c18-15-4-1-3-13(11-15)12-23-16(22)14-5-9-21(10-6-14)17-19-7-2-8-20-17/h1-4,7-8,11,14H,5-6,9-10,12H2. The maximum Gasteiger partial charge on any atom is 0.309 e. The lowest BCUT2D eigenvalue weighted by Crippen LogP contribution is -2.37. The van der Waals surface area contributed by atoms with Crippen molar-refractivity contribution in [1.29, 1.82) is 0 Å². The Kier molecular flexibility index (Phi) is 4.80. The predicted molar refractivity (Wildman–Crippen MR) is 83.2 cm³/mol. The van der Waals surface area contributed by atoms with E-state index in [1.54, 1.807) is 30.6 Å². The zero-order valence-corrected chi connectivity index (χ0v) is 12.7. The van der Waals surface area contributed by atoms with Gasteiger partial charge in [0.1, 0.15) is 12.4 Å². The van der Waals surface area contributed by atoms with E-state index in [-0.39, 0.29) is 24.3 Å². The van der Waals surface area contributed by atoms with Gasteiger partial charge in [-0.05, 0) is 36.6 Å². The monoisotopic (exact) mass is 315 g/mol. The first-order chi connectivity index (χ1) is 11.2. The van der Waals surface area contributed by atoms with E-state index in [0.717, 1.165) is 13.1 Å². The number of hydrogen-bond acceptors (Lipinski definition) is 5. The third-order valence-electron chi connectivity index (χ3n) is 3.93. The number of carbonyl (C=O) groups is 1. The lowest BCUT2D eigenvalue weighted by molar-refractivity contribution is -0.150. The summed E-state index contributed by atoms with van der Waals surface area (Å²) in [7, 11) is 0. The molecule has 2 aromatic rings. The summed E-state index contributed by atoms with van der Waals surface area (Å²) >= 11 is 0. The number of aromatic nitrogens is 2. The second-order valence-electron chi connectivity index (χ2n) is 5.55. The van der Waals surface area contributed by atoms with E-state index in [0.29, 0.717) is 24.4 Å². The van der Waals surface area contributed by atoms with Crippen LogP contribution < -0.4 is 4.90 Å². The maximum absolute atomic E-state index is 13.1. The Labute approximate surface area is 134 Å². The summed E-state index contributed by atoms with van der Waals surface area (Å²) in [6.45, 7) is 1.56. The molecular weight excluding hydrogens is 297 g/mol. The number of rotatable bonds is 4. The van der Waals surface area contributed by atoms with Crippen molar-refractivity contribution in [3.63, 3.8) is 0 Å². The number of piperidine rings is 1. The van der Waals surface area contributed by atoms with Gasteiger partial charge in [0.15, 0.2) is 0 Å². The normalized spacial score (nSPS) is 15.4. The van der Waals surface area contributed by atoms with Crippen molar-refractivity contribution >= 4 is 11.9 Å². The highest BCUT2D eigenvalue weighted by molar-refractivity contribution is 5.72. The molecule has 0 amide bonds. The van der Waals surface area contributed by atoms with Gasteiger partial charge in [-0.25, -0.2) is 14.4 Å². The summed E-state index contributed by atoms with van der Waals surface area (Å²) in [6, 6.07) is 7.87. The molecule has 0 radical (unpaired) electrons. The Morgan fingerprint density at radius 3 is 2.65 bits per heavy atom. The summed E-state index contributed by atoms with van der Waals surface area (Å²) < 4.78 is 18.4. The van der Waals surface area contributed by atoms with Crippen LogP contribution in [-0.4, -0.2) is 29.0 Å². The van der Waals surface area contributed by atoms with E-state index >= 15 is 0 Å². The van der Waals surface area contributed by atoms with Crippen molar-refractivity contribution < 1.29 is 13.9 Å². The SMILES string of the molecule is O=C(OCc1cccc(F)c1)C1CCN(c2ncccn2)CC1. The second kappa shape index (κ2) is 7.17. The van der Waals surface area contributed by atoms with E-state index in [1.165, 1.54) is 12.1 Å². The molecule has 0 saturated carbocycles. The van der Waals surface area contributed by atoms with Gasteiger partial charge in [0.2, 0.25) is 5.95 Å². The second-order valence-corrected chi connectivity index (χ2v) is 5.55. The van der Waals surface area contributed by atoms with Crippen LogP contribution in [0.15, 0.2) is 42.7 Å². The first-order valence-corrected chi connectivity index (χ1v) is 7.65. The zero-order chi connectivity index (χ0) is 16.1. The zero-order valence-electron chi connectivity index (χ0n) is 12.7. The topological polar surface area (TPSA) is 55.3 Å². The molecule has 2 heterocycles. The number of carbonyl (C=O) groups excluding carboxylic acids is 1. The Hall–Kier alpha value is -2.50. The van der Waals surface area contributed by atoms with Crippen LogP contribution in [0.3, 0.4) is 0 Å². The maximum atomic E-state index is 13.1. The third kappa shape index (κ3) is 4.03. The third-order valence-corrected chi connectivity index (χ3v) is 3.93. The fourth-order valence-corrected chi connectivity index (χ4v) is 2.67. The minimum absolute atomic E-state index is 0.110. The van der Waals surface area contributed by atoms with Gasteiger partial charge >= 0.3 is 5.97 Å². The van der Waals surface area contributed by atoms with Crippen LogP contribution in [0, 0.1) is 11.7 Å². The van der Waals surface area contributed by atoms with E-state index in [2.05, 4.69) is 14.9 Å². The highest BCUT2D eigenvalue weighted by Crippen LogP contribution is 2.21. The van der Waals surface area contributed by atoms with Crippen LogP contribution in [0.5, 0.6) is 0 Å². The van der Waals surface area contributed by atoms with E-state index in [9.17, 15) is 9.18 Å². The molecule has 0 atom stereocenters. The molecule has 3 rings (SSSR count). The molecule has 1 aliphatic heterocycles. The lowest BCUT2D eigenvalue weighted by Gasteiger charge is -2.30. The van der Waals surface area contributed by atoms with Gasteiger partial charge in [0.25, 0.3) is 0 Å². The fraction of sp³-hybridized carbons (Fsp3) is 0.353. The molecule has 23 heavy (non-hydrogen) atoms. The number of anilines is 1. The van der Waals surface area contributed by atoms with E-state index in [4.69, 9.17) is 4.74 Å². The van der Waals surface area contributed by atoms with E-state index in [1.807, 2.05) is 0 Å². The van der Waals surface area contributed by atoms with Gasteiger partial charge in [-0.1, -0.05) is 12.1 Å². The molecule has 120 valence electrons. The van der Waals surface area contributed by atoms with Crippen molar-refractivity contribution in [2.24, 2.45) is 5.92 Å². The average molecular weight is 315 g/mol. The van der Waals surface area contributed by atoms with E-state index < -0.39 is 0 Å². The van der Waals surface area contributed by atoms with Crippen LogP contribution >= 0.6 is 0 Å². The molecule has 5 nitrogen and oxygen atoms in total. The minimum atomic E-state index is -0.324. The number of hydrogen-bond donors (Lipinski definition) is 0. The molecule has 1 saturated heterocycles. The number of halogens is 1. The van der Waals surface area contributed by atoms with Crippen LogP contribution in [0.1, 0.15) is 18.4 Å². The molecule has 1 fully saturated rings. The molecule has 0 N–H and O–H groups in total. The van der Waals surface area contributed by atoms with Crippen LogP contribution in [0.2, 0.25) is 0 Å². The minimum Gasteiger partial charge on any atom is -0.461 e. The Morgan fingerprint density at radius 2 is 1.96 bits per heavy atom. The molecule has 0 bridgehead atoms. The van der Waals surface area contributed by atoms with Crippen molar-refractivity contribution in [2.75, 3.05) is 18.0 Å². The first-order valence-electron chi connectivity index (χ1n) is 7.65. The quantitative estimate of drug-likeness (QED) is 0.812. The number of ether oxygens (including phenoxy) is 1. The smallest absolute Gasteiger partial charge is 0.309 e. The lowest BCUT2D eigenvalue weighted by atomic mass is 9.97. The predicted octanol–water partition coefficient (Wildman–Crippen LogP) is 2.58. The first kappa shape index (κ1) is 15.4. The van der Waals surface area contributed by atoms with Crippen LogP contribution in [0.25, 0.3) is 0 Å². The Balaban J connectivity index is 1.48. The van der Waals surface area contributed by atoms with Gasteiger partial charge in [-0.2, -0.15) is 0 Å². The summed E-state index contributed by atoms with van der Waals surface area (Å²) in [5.74, 6) is 0.0280. The summed E-state index contributed by atoms with van der Waals surface area (Å²) in [5.41, 5.74) is 0.661. The summed E-state index contributed by atoms with van der Waals surface area (Å²) in [6.07, 6.45) is 4.84. The average Bonchev–Trinajstić information content (AvgIpc) is 2.61. The molecule has 1 aliphatic rings. The van der Waals surface area contributed by atoms with Crippen molar-refractivity contribution in [3.8, 4) is 0 Å². The number of nitrogens with zero attached hydrogens (tertiary/aromatic N) is 3. The summed E-state index contributed by atoms with van der Waals surface area (Å²) in [4.78, 5) is 22.6. The van der Waals surface area contributed by atoms with Crippen molar-refractivity contribution in [2.45, 2.75) is 19.4 Å². The highest BCUT2D eigenvalue weighted by atomic mass is 19.1. The fourth-order valence-electron chi connectivity index (χ4n) is 2.67. The van der Waals surface area contributed by atoms with Crippen molar-refractivity contribution in [1.82, 2.24) is 9.97 Å². The molecule has 1 aromatic carbocycles. The Bertz CT molecular complexity index is 658. The summed E-state index contributed by atoms with van der Waals surface area (Å²) in [5, 5.41) is 0. The van der Waals surface area contributed by atoms with Gasteiger partial charge in [-0.3, -0.25) is 4.79 Å². The number of esters is 1. The highest BCUT2D eigenvalue weighted by Gasteiger charge is 2.27. The Morgan fingerprint density at radius 1 is 1.22 bits per heavy atom. The molecular formula is C17H18FN3O2. The molecule has 1 aromatic heterocycles. The molecule has 6 heteroatoms. The molecule has 0 unspecified atom stereocenters. The molecule has 0 spiro atoms. The van der Waals surface area contributed by atoms with Crippen molar-refractivity contribution in [3.05, 3.63) is 54.1 Å². The van der Waals surface area contributed by atoms with Gasteiger partial charge < -0.3 is 9.64 Å². The largest absolute Gasteiger partial charge is 0.461 e. The van der Waals surface area contributed by atoms with Crippen LogP contribution in [-0.2, 0) is 16.1 Å². The molecule has 0 aliphatic carbocycles. The van der Waals surface area contributed by atoms with Crippen LogP contribution in [0.4, 0.5) is 10.3 Å².